The molecule has 0 aromatic carbocycles. The fourth-order valence-corrected chi connectivity index (χ4v) is 3.76. The Bertz CT molecular complexity index is 213. The van der Waals surface area contributed by atoms with Crippen LogP contribution in [0.15, 0.2) is 0 Å². The fraction of sp³-hybridized carbons (Fsp3) is 1.00. The summed E-state index contributed by atoms with van der Waals surface area (Å²) in [5.41, 5.74) is 0. The summed E-state index contributed by atoms with van der Waals surface area (Å²) in [4.78, 5) is 2.85. The van der Waals surface area contributed by atoms with E-state index in [0.717, 1.165) is 24.0 Å². The summed E-state index contributed by atoms with van der Waals surface area (Å²) in [7, 11) is 2.13. The van der Waals surface area contributed by atoms with E-state index in [4.69, 9.17) is 0 Å². The van der Waals surface area contributed by atoms with E-state index in [1.807, 2.05) is 0 Å². The van der Waals surface area contributed by atoms with Gasteiger partial charge in [0.1, 0.15) is 0 Å². The molecule has 2 bridgehead atoms. The van der Waals surface area contributed by atoms with Gasteiger partial charge in [0.15, 0.2) is 0 Å². The highest BCUT2D eigenvalue weighted by Gasteiger charge is 2.37. The van der Waals surface area contributed by atoms with E-state index in [0.29, 0.717) is 0 Å². The standard InChI is InChI=1S/C15H30N2/c1-12(2)6-5-9-17-14-7-4-8-15(17)11-13(10-14)16-3/h12-16H,4-11H2,1-3H3. The molecule has 0 amide bonds. The molecule has 0 aromatic rings. The zero-order valence-electron chi connectivity index (χ0n) is 11.9. The predicted molar refractivity (Wildman–Crippen MR) is 74.3 cm³/mol. The van der Waals surface area contributed by atoms with Gasteiger partial charge in [0, 0.05) is 18.1 Å². The van der Waals surface area contributed by atoms with Crippen molar-refractivity contribution in [3.05, 3.63) is 0 Å². The van der Waals surface area contributed by atoms with E-state index in [1.165, 1.54) is 51.5 Å². The van der Waals surface area contributed by atoms with Crippen molar-refractivity contribution in [2.24, 2.45) is 5.92 Å². The molecule has 2 heteroatoms. The van der Waals surface area contributed by atoms with Gasteiger partial charge in [0.25, 0.3) is 0 Å². The Kier molecular flexibility index (Phi) is 4.87. The first-order chi connectivity index (χ1) is 8.20. The van der Waals surface area contributed by atoms with Gasteiger partial charge in [-0.1, -0.05) is 20.3 Å². The summed E-state index contributed by atoms with van der Waals surface area (Å²) in [5, 5.41) is 3.50. The summed E-state index contributed by atoms with van der Waals surface area (Å²) in [6.45, 7) is 6.03. The molecule has 0 saturated carbocycles. The van der Waals surface area contributed by atoms with Gasteiger partial charge in [-0.05, 0) is 58.0 Å². The third kappa shape index (κ3) is 3.45. The number of nitrogens with one attached hydrogen (secondary N) is 1. The van der Waals surface area contributed by atoms with Crippen molar-refractivity contribution >= 4 is 0 Å². The summed E-state index contributed by atoms with van der Waals surface area (Å²) < 4.78 is 0. The van der Waals surface area contributed by atoms with Crippen LogP contribution in [0.5, 0.6) is 0 Å². The van der Waals surface area contributed by atoms with Crippen molar-refractivity contribution in [3.63, 3.8) is 0 Å². The minimum Gasteiger partial charge on any atom is -0.317 e. The molecule has 2 aliphatic heterocycles. The molecule has 100 valence electrons. The van der Waals surface area contributed by atoms with Crippen LogP contribution >= 0.6 is 0 Å². The second-order valence-corrected chi connectivity index (χ2v) is 6.47. The Morgan fingerprint density at radius 1 is 1.18 bits per heavy atom. The Morgan fingerprint density at radius 2 is 1.82 bits per heavy atom. The zero-order valence-corrected chi connectivity index (χ0v) is 11.9. The van der Waals surface area contributed by atoms with Crippen LogP contribution in [-0.2, 0) is 0 Å². The highest BCUT2D eigenvalue weighted by molar-refractivity contribution is 4.94. The molecule has 0 radical (unpaired) electrons. The number of nitrogens with zero attached hydrogens (tertiary/aromatic N) is 1. The van der Waals surface area contributed by atoms with Gasteiger partial charge in [-0.2, -0.15) is 0 Å². The molecule has 0 aromatic heterocycles. The van der Waals surface area contributed by atoms with Crippen molar-refractivity contribution in [1.82, 2.24) is 10.2 Å². The van der Waals surface area contributed by atoms with Crippen LogP contribution in [0.3, 0.4) is 0 Å². The smallest absolute Gasteiger partial charge is 0.0113 e. The second-order valence-electron chi connectivity index (χ2n) is 6.47. The van der Waals surface area contributed by atoms with Crippen LogP contribution in [0.2, 0.25) is 0 Å². The first-order valence-electron chi connectivity index (χ1n) is 7.63. The monoisotopic (exact) mass is 238 g/mol. The molecule has 2 fully saturated rings. The van der Waals surface area contributed by atoms with Gasteiger partial charge in [0.2, 0.25) is 0 Å². The third-order valence-corrected chi connectivity index (χ3v) is 4.73. The first-order valence-corrected chi connectivity index (χ1v) is 7.63. The molecule has 0 spiro atoms. The number of hydrogen-bond acceptors (Lipinski definition) is 2. The molecule has 2 rings (SSSR count). The molecule has 2 unspecified atom stereocenters. The minimum absolute atomic E-state index is 0.784. The van der Waals surface area contributed by atoms with E-state index in [9.17, 15) is 0 Å². The summed E-state index contributed by atoms with van der Waals surface area (Å²) in [6, 6.07) is 2.55. The topological polar surface area (TPSA) is 15.3 Å². The Morgan fingerprint density at radius 3 is 2.35 bits per heavy atom. The number of hydrogen-bond donors (Lipinski definition) is 1. The van der Waals surface area contributed by atoms with E-state index in [2.05, 4.69) is 31.1 Å². The number of piperidine rings is 2. The van der Waals surface area contributed by atoms with Gasteiger partial charge in [-0.15, -0.1) is 0 Å². The van der Waals surface area contributed by atoms with Crippen LogP contribution in [0, 0.1) is 5.92 Å². The van der Waals surface area contributed by atoms with Gasteiger partial charge < -0.3 is 5.32 Å². The summed E-state index contributed by atoms with van der Waals surface area (Å²) >= 11 is 0. The number of rotatable bonds is 5. The quantitative estimate of drug-likeness (QED) is 0.792. The van der Waals surface area contributed by atoms with E-state index < -0.39 is 0 Å². The van der Waals surface area contributed by atoms with Crippen molar-refractivity contribution in [2.45, 2.75) is 76.9 Å². The lowest BCUT2D eigenvalue weighted by Crippen LogP contribution is -2.55. The maximum absolute atomic E-state index is 3.50. The lowest BCUT2D eigenvalue weighted by atomic mass is 9.81. The zero-order chi connectivity index (χ0) is 12.3. The summed E-state index contributed by atoms with van der Waals surface area (Å²) in [5.74, 6) is 0.865. The molecular weight excluding hydrogens is 208 g/mol. The fourth-order valence-electron chi connectivity index (χ4n) is 3.76. The molecule has 2 nitrogen and oxygen atoms in total. The average molecular weight is 238 g/mol. The molecule has 2 heterocycles. The average Bonchev–Trinajstić information content (AvgIpc) is 2.27. The highest BCUT2D eigenvalue weighted by Crippen LogP contribution is 2.34. The van der Waals surface area contributed by atoms with E-state index in [-0.39, 0.29) is 0 Å². The molecule has 2 aliphatic rings. The Balaban J connectivity index is 1.84. The maximum Gasteiger partial charge on any atom is 0.0113 e. The SMILES string of the molecule is CNC1CC2CCCC(C1)N2CCCC(C)C. The minimum atomic E-state index is 0.784. The molecule has 2 atom stereocenters. The van der Waals surface area contributed by atoms with Crippen LogP contribution < -0.4 is 5.32 Å². The Labute approximate surface area is 107 Å². The van der Waals surface area contributed by atoms with Gasteiger partial charge >= 0.3 is 0 Å². The van der Waals surface area contributed by atoms with Gasteiger partial charge in [0.05, 0.1) is 0 Å². The van der Waals surface area contributed by atoms with E-state index in [1.54, 1.807) is 0 Å². The lowest BCUT2D eigenvalue weighted by molar-refractivity contribution is 0.0241. The molecule has 1 N–H and O–H groups in total. The van der Waals surface area contributed by atoms with Gasteiger partial charge in [-0.25, -0.2) is 0 Å². The lowest BCUT2D eigenvalue weighted by Gasteiger charge is -2.49. The van der Waals surface area contributed by atoms with Crippen LogP contribution in [0.1, 0.15) is 58.8 Å². The van der Waals surface area contributed by atoms with Crippen molar-refractivity contribution in [2.75, 3.05) is 13.6 Å². The molecule has 0 aliphatic carbocycles. The van der Waals surface area contributed by atoms with Crippen molar-refractivity contribution < 1.29 is 0 Å². The molecular formula is C15H30N2. The van der Waals surface area contributed by atoms with Gasteiger partial charge in [-0.3, -0.25) is 4.90 Å². The predicted octanol–water partition coefficient (Wildman–Crippen LogP) is 3.03. The second kappa shape index (κ2) is 6.19. The Hall–Kier alpha value is -0.0800. The normalized spacial score (nSPS) is 34.2. The van der Waals surface area contributed by atoms with Crippen LogP contribution in [-0.4, -0.2) is 36.6 Å². The third-order valence-electron chi connectivity index (χ3n) is 4.73. The molecule has 17 heavy (non-hydrogen) atoms. The van der Waals surface area contributed by atoms with Crippen LogP contribution in [0.4, 0.5) is 0 Å². The van der Waals surface area contributed by atoms with Crippen molar-refractivity contribution in [1.29, 1.82) is 0 Å². The molecule has 2 saturated heterocycles. The van der Waals surface area contributed by atoms with Crippen molar-refractivity contribution in [3.8, 4) is 0 Å². The maximum atomic E-state index is 3.50. The highest BCUT2D eigenvalue weighted by atomic mass is 15.2. The first kappa shape index (κ1) is 13.4. The summed E-state index contributed by atoms with van der Waals surface area (Å²) in [6.07, 6.45) is 9.91. The number of fused-ring (bicyclic) bond motifs is 2. The largest absolute Gasteiger partial charge is 0.317 e. The van der Waals surface area contributed by atoms with E-state index >= 15 is 0 Å². The van der Waals surface area contributed by atoms with Crippen LogP contribution in [0.25, 0.3) is 0 Å².